The zero-order chi connectivity index (χ0) is 19.0. The molecule has 138 valence electrons. The van der Waals surface area contributed by atoms with Gasteiger partial charge in [0.2, 0.25) is 5.78 Å². The number of carboxylic acid groups (broad SMARTS) is 1. The minimum Gasteiger partial charge on any atom is -0.494 e. The molecule has 0 unspecified atom stereocenters. The van der Waals surface area contributed by atoms with Crippen molar-refractivity contribution < 1.29 is 28.9 Å². The van der Waals surface area contributed by atoms with Gasteiger partial charge in [0.05, 0.1) is 6.61 Å². The van der Waals surface area contributed by atoms with Gasteiger partial charge in [0, 0.05) is 31.8 Å². The fourth-order valence-electron chi connectivity index (χ4n) is 2.60. The Morgan fingerprint density at radius 2 is 1.58 bits per heavy atom. The number of benzene rings is 2. The summed E-state index contributed by atoms with van der Waals surface area (Å²) < 4.78 is 16.4. The minimum atomic E-state index is -1.52. The summed E-state index contributed by atoms with van der Waals surface area (Å²) in [4.78, 5) is 23.5. The van der Waals surface area contributed by atoms with Crippen LogP contribution in [0.2, 0.25) is 0 Å². The Morgan fingerprint density at radius 3 is 2.12 bits per heavy atom. The van der Waals surface area contributed by atoms with Gasteiger partial charge >= 0.3 is 5.97 Å². The third-order valence-electron chi connectivity index (χ3n) is 3.95. The van der Waals surface area contributed by atoms with Crippen LogP contribution in [0.15, 0.2) is 54.6 Å². The van der Waals surface area contributed by atoms with Gasteiger partial charge in [-0.3, -0.25) is 9.59 Å². The lowest BCUT2D eigenvalue weighted by Crippen LogP contribution is -2.39. The van der Waals surface area contributed by atoms with Crippen LogP contribution in [0, 0.1) is 0 Å². The number of carboxylic acids is 1. The van der Waals surface area contributed by atoms with Crippen LogP contribution < -0.4 is 4.74 Å². The van der Waals surface area contributed by atoms with Gasteiger partial charge in [-0.2, -0.15) is 0 Å². The van der Waals surface area contributed by atoms with E-state index in [-0.39, 0.29) is 12.2 Å². The molecule has 1 N–H and O–H groups in total. The van der Waals surface area contributed by atoms with Crippen LogP contribution in [-0.2, 0) is 20.1 Å². The summed E-state index contributed by atoms with van der Waals surface area (Å²) in [5.41, 5.74) is 1.01. The van der Waals surface area contributed by atoms with Gasteiger partial charge in [-0.15, -0.1) is 0 Å². The molecule has 2 aromatic carbocycles. The van der Waals surface area contributed by atoms with Gasteiger partial charge in [-0.1, -0.05) is 30.3 Å². The Labute approximate surface area is 152 Å². The monoisotopic (exact) mass is 358 g/mol. The van der Waals surface area contributed by atoms with E-state index >= 15 is 0 Å². The molecule has 0 heterocycles. The van der Waals surface area contributed by atoms with Crippen molar-refractivity contribution in [1.82, 2.24) is 0 Å². The molecular weight excluding hydrogens is 336 g/mol. The molecule has 0 aromatic heterocycles. The lowest BCUT2D eigenvalue weighted by atomic mass is 9.96. The van der Waals surface area contributed by atoms with E-state index in [2.05, 4.69) is 0 Å². The van der Waals surface area contributed by atoms with E-state index < -0.39 is 11.8 Å². The topological polar surface area (TPSA) is 82.1 Å². The summed E-state index contributed by atoms with van der Waals surface area (Å²) in [5.74, 6) is -2.14. The highest BCUT2D eigenvalue weighted by molar-refractivity contribution is 6.02. The summed E-state index contributed by atoms with van der Waals surface area (Å²) in [7, 11) is 2.85. The van der Waals surface area contributed by atoms with Gasteiger partial charge in [0.15, 0.2) is 0 Å². The second-order valence-electron chi connectivity index (χ2n) is 5.59. The molecule has 0 saturated carbocycles. The largest absolute Gasteiger partial charge is 0.494 e. The first-order valence-electron chi connectivity index (χ1n) is 8.19. The summed E-state index contributed by atoms with van der Waals surface area (Å²) in [6.45, 7) is 0.295. The van der Waals surface area contributed by atoms with Gasteiger partial charge in [0.1, 0.15) is 5.75 Å². The fraction of sp³-hybridized carbons (Fsp3) is 0.300. The zero-order valence-corrected chi connectivity index (χ0v) is 14.8. The van der Waals surface area contributed by atoms with Crippen molar-refractivity contribution in [1.29, 1.82) is 0 Å². The van der Waals surface area contributed by atoms with E-state index in [1.807, 2.05) is 18.2 Å². The quantitative estimate of drug-likeness (QED) is 0.399. The maximum Gasteiger partial charge on any atom is 0.303 e. The smallest absolute Gasteiger partial charge is 0.303 e. The van der Waals surface area contributed by atoms with Crippen LogP contribution in [0.5, 0.6) is 5.75 Å². The average molecular weight is 358 g/mol. The van der Waals surface area contributed by atoms with Crippen LogP contribution >= 0.6 is 0 Å². The second-order valence-corrected chi connectivity index (χ2v) is 5.59. The second kappa shape index (κ2) is 9.12. The number of methoxy groups -OCH3 is 2. The summed E-state index contributed by atoms with van der Waals surface area (Å²) in [5, 5.41) is 8.61. The highest BCUT2D eigenvalue weighted by Crippen LogP contribution is 2.30. The molecule has 0 spiro atoms. The Morgan fingerprint density at radius 1 is 0.962 bits per heavy atom. The summed E-state index contributed by atoms with van der Waals surface area (Å²) in [6, 6.07) is 15.6. The predicted molar refractivity (Wildman–Crippen MR) is 95.3 cm³/mol. The standard InChI is InChI=1S/C20H22O6/c1-24-20(25-2,16-7-4-3-5-8-16)19(23)15-10-12-17(13-11-15)26-14-6-9-18(21)22/h3-5,7-8,10-13H,6,9,14H2,1-2H3,(H,21,22). The van der Waals surface area contributed by atoms with Crippen LogP contribution in [-0.4, -0.2) is 37.7 Å². The molecule has 0 aliphatic carbocycles. The van der Waals surface area contributed by atoms with Gasteiger partial charge in [0.25, 0.3) is 5.79 Å². The molecule has 0 atom stereocenters. The van der Waals surface area contributed by atoms with Crippen molar-refractivity contribution in [3.05, 3.63) is 65.7 Å². The van der Waals surface area contributed by atoms with Crippen LogP contribution in [0.25, 0.3) is 0 Å². The molecule has 0 aliphatic heterocycles. The van der Waals surface area contributed by atoms with E-state index in [9.17, 15) is 9.59 Å². The van der Waals surface area contributed by atoms with Crippen LogP contribution in [0.3, 0.4) is 0 Å². The van der Waals surface area contributed by atoms with Crippen LogP contribution in [0.4, 0.5) is 0 Å². The number of aliphatic carboxylic acids is 1. The van der Waals surface area contributed by atoms with Crippen molar-refractivity contribution in [3.63, 3.8) is 0 Å². The lowest BCUT2D eigenvalue weighted by Gasteiger charge is -2.29. The first-order chi connectivity index (χ1) is 12.5. The van der Waals surface area contributed by atoms with Gasteiger partial charge < -0.3 is 19.3 Å². The Bertz CT molecular complexity index is 720. The maximum atomic E-state index is 13.0. The molecule has 0 bridgehead atoms. The number of carbonyl (C=O) groups is 2. The van der Waals surface area contributed by atoms with Crippen molar-refractivity contribution >= 4 is 11.8 Å². The number of Topliss-reactive ketones (excluding diaryl/α,β-unsaturated/α-hetero) is 1. The number of rotatable bonds is 10. The fourth-order valence-corrected chi connectivity index (χ4v) is 2.60. The molecular formula is C20H22O6. The van der Waals surface area contributed by atoms with E-state index in [0.29, 0.717) is 29.9 Å². The third kappa shape index (κ3) is 4.47. The molecule has 0 aliphatic rings. The number of hydrogen-bond acceptors (Lipinski definition) is 5. The number of hydrogen-bond donors (Lipinski definition) is 1. The summed E-state index contributed by atoms with van der Waals surface area (Å²) in [6.07, 6.45) is 0.471. The molecule has 6 heteroatoms. The van der Waals surface area contributed by atoms with Crippen molar-refractivity contribution in [2.45, 2.75) is 18.6 Å². The van der Waals surface area contributed by atoms with Crippen molar-refractivity contribution in [2.75, 3.05) is 20.8 Å². The zero-order valence-electron chi connectivity index (χ0n) is 14.8. The molecule has 26 heavy (non-hydrogen) atoms. The van der Waals surface area contributed by atoms with E-state index in [1.54, 1.807) is 36.4 Å². The van der Waals surface area contributed by atoms with Crippen molar-refractivity contribution in [3.8, 4) is 5.75 Å². The van der Waals surface area contributed by atoms with Gasteiger partial charge in [-0.05, 0) is 30.7 Å². The number of carbonyl (C=O) groups excluding carboxylic acids is 1. The number of ketones is 1. The third-order valence-corrected chi connectivity index (χ3v) is 3.95. The Balaban J connectivity index is 2.13. The van der Waals surface area contributed by atoms with E-state index in [0.717, 1.165) is 0 Å². The van der Waals surface area contributed by atoms with E-state index in [1.165, 1.54) is 14.2 Å². The molecule has 6 nitrogen and oxygen atoms in total. The molecule has 2 aromatic rings. The van der Waals surface area contributed by atoms with Crippen molar-refractivity contribution in [2.24, 2.45) is 0 Å². The summed E-state index contributed by atoms with van der Waals surface area (Å²) >= 11 is 0. The number of ether oxygens (including phenoxy) is 3. The molecule has 0 saturated heterocycles. The SMILES string of the molecule is COC(OC)(C(=O)c1ccc(OCCCC(=O)O)cc1)c1ccccc1. The lowest BCUT2D eigenvalue weighted by molar-refractivity contribution is -0.176. The predicted octanol–water partition coefficient (Wildman–Crippen LogP) is 3.26. The normalized spacial score (nSPS) is 11.2. The highest BCUT2D eigenvalue weighted by Gasteiger charge is 2.41. The van der Waals surface area contributed by atoms with E-state index in [4.69, 9.17) is 19.3 Å². The molecule has 0 fully saturated rings. The first-order valence-corrected chi connectivity index (χ1v) is 8.19. The first kappa shape index (κ1) is 19.6. The Hall–Kier alpha value is -2.70. The van der Waals surface area contributed by atoms with Crippen LogP contribution in [0.1, 0.15) is 28.8 Å². The highest BCUT2D eigenvalue weighted by atomic mass is 16.7. The Kier molecular flexibility index (Phi) is 6.89. The molecule has 2 rings (SSSR count). The molecule has 0 amide bonds. The molecule has 0 radical (unpaired) electrons. The average Bonchev–Trinajstić information content (AvgIpc) is 2.68. The maximum absolute atomic E-state index is 13.0. The van der Waals surface area contributed by atoms with Gasteiger partial charge in [-0.25, -0.2) is 0 Å². The minimum absolute atomic E-state index is 0.0534.